The predicted molar refractivity (Wildman–Crippen MR) is 120 cm³/mol. The molecule has 1 N–H and O–H groups in total. The van der Waals surface area contributed by atoms with E-state index in [2.05, 4.69) is 48.6 Å². The summed E-state index contributed by atoms with van der Waals surface area (Å²) in [6.45, 7) is 3.34. The van der Waals surface area contributed by atoms with Gasteiger partial charge < -0.3 is 14.8 Å². The minimum atomic E-state index is 0. The smallest absolute Gasteiger partial charge is 0.118 e. The molecular formula is C24H34ClNO2. The first kappa shape index (κ1) is 22.7. The van der Waals surface area contributed by atoms with Gasteiger partial charge in [0.25, 0.3) is 0 Å². The van der Waals surface area contributed by atoms with E-state index in [-0.39, 0.29) is 12.4 Å². The van der Waals surface area contributed by atoms with Crippen LogP contribution in [0.5, 0.6) is 5.75 Å². The molecule has 3 atom stereocenters. The summed E-state index contributed by atoms with van der Waals surface area (Å²) < 4.78 is 11.0. The van der Waals surface area contributed by atoms with Gasteiger partial charge in [-0.15, -0.1) is 12.4 Å². The van der Waals surface area contributed by atoms with Crippen LogP contribution in [0.25, 0.3) is 11.1 Å². The Labute approximate surface area is 176 Å². The zero-order valence-electron chi connectivity index (χ0n) is 17.3. The van der Waals surface area contributed by atoms with Gasteiger partial charge >= 0.3 is 0 Å². The topological polar surface area (TPSA) is 30.5 Å². The highest BCUT2D eigenvalue weighted by molar-refractivity contribution is 5.85. The molecule has 0 amide bonds. The number of unbranched alkanes of at least 4 members (excludes halogenated alkanes) is 1. The number of halogens is 1. The highest BCUT2D eigenvalue weighted by Gasteiger charge is 2.33. The molecule has 0 bridgehead atoms. The Morgan fingerprint density at radius 2 is 1.57 bits per heavy atom. The van der Waals surface area contributed by atoms with Crippen molar-refractivity contribution in [1.82, 2.24) is 5.32 Å². The van der Waals surface area contributed by atoms with Gasteiger partial charge in [0.1, 0.15) is 5.75 Å². The standard InChI is InChI=1S/C24H33NO2.ClH/c1-4-5-14-25-23-16-19(17-24(23)27-3)15-18-6-8-20(9-7-18)21-10-12-22(26-2)13-11-21;/h6-13,19,23-25H,4-5,14-17H2,1-3H3;1H/t19-,23-,24+;/m0./s1. The van der Waals surface area contributed by atoms with Crippen LogP contribution < -0.4 is 10.1 Å². The summed E-state index contributed by atoms with van der Waals surface area (Å²) in [5.41, 5.74) is 3.89. The quantitative estimate of drug-likeness (QED) is 0.560. The lowest BCUT2D eigenvalue weighted by molar-refractivity contribution is 0.0831. The molecular weight excluding hydrogens is 370 g/mol. The Morgan fingerprint density at radius 1 is 0.929 bits per heavy atom. The fraction of sp³-hybridized carbons (Fsp3) is 0.500. The lowest BCUT2D eigenvalue weighted by Gasteiger charge is -2.19. The summed E-state index contributed by atoms with van der Waals surface area (Å²) in [6, 6.07) is 17.8. The van der Waals surface area contributed by atoms with Crippen molar-refractivity contribution >= 4 is 12.4 Å². The molecule has 0 heterocycles. The van der Waals surface area contributed by atoms with Crippen molar-refractivity contribution in [3.63, 3.8) is 0 Å². The molecule has 2 aromatic rings. The summed E-state index contributed by atoms with van der Waals surface area (Å²) in [5, 5.41) is 3.70. The van der Waals surface area contributed by atoms with Gasteiger partial charge in [0.2, 0.25) is 0 Å². The number of rotatable bonds is 9. The summed E-state index contributed by atoms with van der Waals surface area (Å²) in [5.74, 6) is 1.59. The lowest BCUT2D eigenvalue weighted by atomic mass is 9.96. The van der Waals surface area contributed by atoms with E-state index in [9.17, 15) is 0 Å². The largest absolute Gasteiger partial charge is 0.497 e. The maximum atomic E-state index is 5.75. The van der Waals surface area contributed by atoms with E-state index < -0.39 is 0 Å². The first-order valence-electron chi connectivity index (χ1n) is 10.2. The van der Waals surface area contributed by atoms with Gasteiger partial charge in [-0.3, -0.25) is 0 Å². The molecule has 0 aromatic heterocycles. The predicted octanol–water partition coefficient (Wildman–Crippen LogP) is 5.51. The second kappa shape index (κ2) is 11.5. The Hall–Kier alpha value is -1.55. The van der Waals surface area contributed by atoms with Crippen LogP contribution in [0.4, 0.5) is 0 Å². The van der Waals surface area contributed by atoms with Gasteiger partial charge in [0.05, 0.1) is 13.2 Å². The first-order chi connectivity index (χ1) is 13.2. The van der Waals surface area contributed by atoms with Crippen molar-refractivity contribution in [2.24, 2.45) is 5.92 Å². The summed E-state index contributed by atoms with van der Waals surface area (Å²) in [4.78, 5) is 0. The zero-order valence-corrected chi connectivity index (χ0v) is 18.1. The molecule has 3 rings (SSSR count). The van der Waals surface area contributed by atoms with Gasteiger partial charge in [-0.1, -0.05) is 49.7 Å². The molecule has 0 unspecified atom stereocenters. The van der Waals surface area contributed by atoms with Crippen molar-refractivity contribution in [2.45, 2.75) is 51.2 Å². The van der Waals surface area contributed by atoms with Crippen LogP contribution in [-0.2, 0) is 11.2 Å². The fourth-order valence-electron chi connectivity index (χ4n) is 4.16. The third-order valence-corrected chi connectivity index (χ3v) is 5.74. The number of methoxy groups -OCH3 is 2. The maximum Gasteiger partial charge on any atom is 0.118 e. The van der Waals surface area contributed by atoms with Gasteiger partial charge in [-0.2, -0.15) is 0 Å². The Morgan fingerprint density at radius 3 is 2.14 bits per heavy atom. The summed E-state index contributed by atoms with van der Waals surface area (Å²) >= 11 is 0. The van der Waals surface area contributed by atoms with Crippen molar-refractivity contribution in [3.8, 4) is 16.9 Å². The van der Waals surface area contributed by atoms with Gasteiger partial charge in [-0.05, 0) is 67.0 Å². The van der Waals surface area contributed by atoms with Crippen molar-refractivity contribution in [1.29, 1.82) is 0 Å². The first-order valence-corrected chi connectivity index (χ1v) is 10.2. The Kier molecular flexibility index (Phi) is 9.30. The zero-order chi connectivity index (χ0) is 19.1. The molecule has 4 heteroatoms. The number of nitrogens with one attached hydrogen (secondary N) is 1. The third kappa shape index (κ3) is 5.97. The number of benzene rings is 2. The molecule has 2 aromatic carbocycles. The van der Waals surface area contributed by atoms with Crippen molar-refractivity contribution in [2.75, 3.05) is 20.8 Å². The number of ether oxygens (including phenoxy) is 2. The van der Waals surface area contributed by atoms with Crippen LogP contribution in [0.3, 0.4) is 0 Å². The van der Waals surface area contributed by atoms with E-state index >= 15 is 0 Å². The molecule has 3 nitrogen and oxygen atoms in total. The SMILES string of the molecule is CCCCN[C@H]1C[C@H](Cc2ccc(-c3ccc(OC)cc3)cc2)C[C@H]1OC.Cl. The summed E-state index contributed by atoms with van der Waals surface area (Å²) in [6.07, 6.45) is 6.33. The molecule has 1 aliphatic carbocycles. The van der Waals surface area contributed by atoms with Crippen LogP contribution in [0.2, 0.25) is 0 Å². The van der Waals surface area contributed by atoms with E-state index in [1.165, 1.54) is 36.0 Å². The normalized spacial score (nSPS) is 21.3. The summed E-state index contributed by atoms with van der Waals surface area (Å²) in [7, 11) is 3.55. The van der Waals surface area contributed by atoms with Crippen LogP contribution in [0.15, 0.2) is 48.5 Å². The minimum Gasteiger partial charge on any atom is -0.497 e. The molecule has 1 aliphatic rings. The van der Waals surface area contributed by atoms with Gasteiger partial charge in [0, 0.05) is 13.2 Å². The van der Waals surface area contributed by atoms with Crippen molar-refractivity contribution < 1.29 is 9.47 Å². The van der Waals surface area contributed by atoms with E-state index in [4.69, 9.17) is 9.47 Å². The highest BCUT2D eigenvalue weighted by atomic mass is 35.5. The Bertz CT molecular complexity index is 687. The molecule has 0 spiro atoms. The van der Waals surface area contributed by atoms with Crippen LogP contribution in [0, 0.1) is 5.92 Å². The van der Waals surface area contributed by atoms with E-state index in [0.29, 0.717) is 18.1 Å². The average Bonchev–Trinajstić information content (AvgIpc) is 3.10. The molecule has 154 valence electrons. The van der Waals surface area contributed by atoms with Crippen LogP contribution >= 0.6 is 12.4 Å². The molecule has 0 aliphatic heterocycles. The second-order valence-corrected chi connectivity index (χ2v) is 7.66. The maximum absolute atomic E-state index is 5.75. The van der Waals surface area contributed by atoms with Gasteiger partial charge in [0.15, 0.2) is 0 Å². The average molecular weight is 404 g/mol. The van der Waals surface area contributed by atoms with Crippen LogP contribution in [0.1, 0.15) is 38.2 Å². The molecule has 0 saturated heterocycles. The van der Waals surface area contributed by atoms with E-state index in [1.54, 1.807) is 7.11 Å². The Balaban J connectivity index is 0.00000280. The molecule has 1 fully saturated rings. The minimum absolute atomic E-state index is 0. The van der Waals surface area contributed by atoms with Crippen molar-refractivity contribution in [3.05, 3.63) is 54.1 Å². The number of hydrogen-bond acceptors (Lipinski definition) is 3. The van der Waals surface area contributed by atoms with Gasteiger partial charge in [-0.25, -0.2) is 0 Å². The van der Waals surface area contributed by atoms with E-state index in [0.717, 1.165) is 25.1 Å². The monoisotopic (exact) mass is 403 g/mol. The lowest BCUT2D eigenvalue weighted by Crippen LogP contribution is -2.37. The fourth-order valence-corrected chi connectivity index (χ4v) is 4.16. The molecule has 28 heavy (non-hydrogen) atoms. The van der Waals surface area contributed by atoms with Crippen LogP contribution in [-0.4, -0.2) is 32.9 Å². The second-order valence-electron chi connectivity index (χ2n) is 7.66. The molecule has 0 radical (unpaired) electrons. The third-order valence-electron chi connectivity index (χ3n) is 5.74. The molecule has 1 saturated carbocycles. The van der Waals surface area contributed by atoms with E-state index in [1.807, 2.05) is 19.2 Å². The number of hydrogen-bond donors (Lipinski definition) is 1. The highest BCUT2D eigenvalue weighted by Crippen LogP contribution is 2.31.